The number of nitrogens with zero attached hydrogens (tertiary/aromatic N) is 2. The number of imidazole rings is 1. The van der Waals surface area contributed by atoms with Crippen molar-refractivity contribution in [3.05, 3.63) is 18.2 Å². The van der Waals surface area contributed by atoms with Crippen LogP contribution in [-0.4, -0.2) is 37.1 Å². The molecule has 0 saturated heterocycles. The van der Waals surface area contributed by atoms with Crippen molar-refractivity contribution < 1.29 is 13.2 Å². The van der Waals surface area contributed by atoms with Crippen LogP contribution >= 0.6 is 0 Å². The third kappa shape index (κ3) is 2.56. The highest BCUT2D eigenvalue weighted by molar-refractivity contribution is 7.90. The molecule has 1 aromatic carbocycles. The summed E-state index contributed by atoms with van der Waals surface area (Å²) >= 11 is 0. The predicted octanol–water partition coefficient (Wildman–Crippen LogP) is 0.672. The summed E-state index contributed by atoms with van der Waals surface area (Å²) in [4.78, 5) is 4.19. The Labute approximate surface area is 105 Å². The van der Waals surface area contributed by atoms with Gasteiger partial charge in [0.15, 0.2) is 0 Å². The van der Waals surface area contributed by atoms with Gasteiger partial charge < -0.3 is 15.0 Å². The van der Waals surface area contributed by atoms with E-state index in [4.69, 9.17) is 10.5 Å². The van der Waals surface area contributed by atoms with Crippen LogP contribution < -0.4 is 10.5 Å². The zero-order valence-electron chi connectivity index (χ0n) is 10.3. The first-order valence-corrected chi connectivity index (χ1v) is 7.44. The maximum absolute atomic E-state index is 11.2. The fourth-order valence-electron chi connectivity index (χ4n) is 1.75. The van der Waals surface area contributed by atoms with Gasteiger partial charge in [-0.3, -0.25) is 0 Å². The van der Waals surface area contributed by atoms with Gasteiger partial charge in [0.2, 0.25) is 5.95 Å². The largest absolute Gasteiger partial charge is 0.497 e. The Morgan fingerprint density at radius 3 is 2.78 bits per heavy atom. The molecule has 0 bridgehead atoms. The number of aromatic nitrogens is 2. The molecule has 2 N–H and O–H groups in total. The molecule has 18 heavy (non-hydrogen) atoms. The van der Waals surface area contributed by atoms with Crippen LogP contribution in [0.3, 0.4) is 0 Å². The molecular weight excluding hydrogens is 254 g/mol. The smallest absolute Gasteiger partial charge is 0.201 e. The van der Waals surface area contributed by atoms with E-state index >= 15 is 0 Å². The number of sulfone groups is 1. The van der Waals surface area contributed by atoms with Gasteiger partial charge in [-0.2, -0.15) is 0 Å². The van der Waals surface area contributed by atoms with E-state index in [1.165, 1.54) is 6.26 Å². The molecule has 0 amide bonds. The molecule has 1 aromatic heterocycles. The summed E-state index contributed by atoms with van der Waals surface area (Å²) in [5, 5.41) is 0. The van der Waals surface area contributed by atoms with E-state index in [-0.39, 0.29) is 5.75 Å². The Bertz CT molecular complexity index is 676. The van der Waals surface area contributed by atoms with E-state index in [0.29, 0.717) is 23.8 Å². The van der Waals surface area contributed by atoms with Gasteiger partial charge in [0.25, 0.3) is 0 Å². The first-order chi connectivity index (χ1) is 8.40. The maximum atomic E-state index is 11.2. The predicted molar refractivity (Wildman–Crippen MR) is 70.4 cm³/mol. The van der Waals surface area contributed by atoms with Crippen molar-refractivity contribution in [3.8, 4) is 5.75 Å². The highest BCUT2D eigenvalue weighted by atomic mass is 32.2. The second-order valence-electron chi connectivity index (χ2n) is 4.11. The molecule has 2 aromatic rings. The number of nitrogen functional groups attached to an aromatic ring is 1. The van der Waals surface area contributed by atoms with E-state index in [1.54, 1.807) is 23.8 Å². The number of anilines is 1. The minimum absolute atomic E-state index is 0.0364. The van der Waals surface area contributed by atoms with E-state index < -0.39 is 9.84 Å². The second kappa shape index (κ2) is 4.49. The van der Waals surface area contributed by atoms with Crippen LogP contribution in [0.2, 0.25) is 0 Å². The molecular formula is C11H15N3O3S. The molecule has 0 spiro atoms. The van der Waals surface area contributed by atoms with Gasteiger partial charge >= 0.3 is 0 Å². The standard InChI is InChI=1S/C11H15N3O3S/c1-17-8-3-4-10-9(7-8)13-11(12)14(10)5-6-18(2,15)16/h3-4,7H,5-6H2,1-2H3,(H2,12,13). The third-order valence-corrected chi connectivity index (χ3v) is 3.59. The van der Waals surface area contributed by atoms with Gasteiger partial charge in [0, 0.05) is 18.9 Å². The Balaban J connectivity index is 2.41. The molecule has 6 nitrogen and oxygen atoms in total. The van der Waals surface area contributed by atoms with Crippen LogP contribution in [-0.2, 0) is 16.4 Å². The second-order valence-corrected chi connectivity index (χ2v) is 6.37. The van der Waals surface area contributed by atoms with E-state index in [0.717, 1.165) is 5.52 Å². The number of hydrogen-bond acceptors (Lipinski definition) is 5. The minimum atomic E-state index is -3.03. The topological polar surface area (TPSA) is 87.2 Å². The Hall–Kier alpha value is -1.76. The average molecular weight is 269 g/mol. The Morgan fingerprint density at radius 2 is 2.17 bits per heavy atom. The molecule has 0 aliphatic carbocycles. The highest BCUT2D eigenvalue weighted by Gasteiger charge is 2.11. The molecule has 0 fully saturated rings. The van der Waals surface area contributed by atoms with Crippen LogP contribution in [0.25, 0.3) is 11.0 Å². The molecule has 1 heterocycles. The maximum Gasteiger partial charge on any atom is 0.201 e. The number of rotatable bonds is 4. The molecule has 2 rings (SSSR count). The summed E-state index contributed by atoms with van der Waals surface area (Å²) in [6.45, 7) is 0.299. The molecule has 0 unspecified atom stereocenters. The van der Waals surface area contributed by atoms with Crippen LogP contribution in [0.15, 0.2) is 18.2 Å². The first kappa shape index (κ1) is 12.7. The summed E-state index contributed by atoms with van der Waals surface area (Å²) < 4.78 is 29.1. The quantitative estimate of drug-likeness (QED) is 0.881. The summed E-state index contributed by atoms with van der Waals surface area (Å²) in [5.41, 5.74) is 7.29. The number of aryl methyl sites for hydroxylation is 1. The molecule has 0 atom stereocenters. The van der Waals surface area contributed by atoms with Gasteiger partial charge in [-0.05, 0) is 12.1 Å². The van der Waals surface area contributed by atoms with E-state index in [1.807, 2.05) is 6.07 Å². The zero-order chi connectivity index (χ0) is 13.3. The van der Waals surface area contributed by atoms with Gasteiger partial charge in [-0.25, -0.2) is 13.4 Å². The fraction of sp³-hybridized carbons (Fsp3) is 0.364. The van der Waals surface area contributed by atoms with Crippen molar-refractivity contribution >= 4 is 26.8 Å². The van der Waals surface area contributed by atoms with Crippen LogP contribution in [0.4, 0.5) is 5.95 Å². The van der Waals surface area contributed by atoms with Crippen molar-refractivity contribution in [1.29, 1.82) is 0 Å². The van der Waals surface area contributed by atoms with E-state index in [9.17, 15) is 8.42 Å². The summed E-state index contributed by atoms with van der Waals surface area (Å²) in [7, 11) is -1.45. The van der Waals surface area contributed by atoms with Crippen molar-refractivity contribution in [2.75, 3.05) is 24.9 Å². The SMILES string of the molecule is COc1ccc2c(c1)nc(N)n2CCS(C)(=O)=O. The Morgan fingerprint density at radius 1 is 1.44 bits per heavy atom. The van der Waals surface area contributed by atoms with Crippen LogP contribution in [0.1, 0.15) is 0 Å². The van der Waals surface area contributed by atoms with Crippen molar-refractivity contribution in [1.82, 2.24) is 9.55 Å². The van der Waals surface area contributed by atoms with Gasteiger partial charge in [-0.1, -0.05) is 0 Å². The monoisotopic (exact) mass is 269 g/mol. The summed E-state index contributed by atoms with van der Waals surface area (Å²) in [6.07, 6.45) is 1.20. The number of nitrogens with two attached hydrogens (primary N) is 1. The molecule has 0 radical (unpaired) electrons. The summed E-state index contributed by atoms with van der Waals surface area (Å²) in [6, 6.07) is 5.38. The Kier molecular flexibility index (Phi) is 3.16. The number of benzene rings is 1. The lowest BCUT2D eigenvalue weighted by Gasteiger charge is -2.05. The van der Waals surface area contributed by atoms with Crippen LogP contribution in [0, 0.1) is 0 Å². The number of fused-ring (bicyclic) bond motifs is 1. The molecule has 0 aliphatic heterocycles. The minimum Gasteiger partial charge on any atom is -0.497 e. The number of ether oxygens (including phenoxy) is 1. The lowest BCUT2D eigenvalue weighted by atomic mass is 10.3. The fourth-order valence-corrected chi connectivity index (χ4v) is 2.26. The lowest BCUT2D eigenvalue weighted by molar-refractivity contribution is 0.415. The van der Waals surface area contributed by atoms with Gasteiger partial charge in [0.1, 0.15) is 15.6 Å². The highest BCUT2D eigenvalue weighted by Crippen LogP contribution is 2.22. The van der Waals surface area contributed by atoms with Crippen molar-refractivity contribution in [3.63, 3.8) is 0 Å². The third-order valence-electron chi connectivity index (χ3n) is 2.67. The van der Waals surface area contributed by atoms with Gasteiger partial charge in [0.05, 0.1) is 23.9 Å². The number of hydrogen-bond donors (Lipinski definition) is 1. The zero-order valence-corrected chi connectivity index (χ0v) is 11.1. The van der Waals surface area contributed by atoms with Crippen molar-refractivity contribution in [2.45, 2.75) is 6.54 Å². The lowest BCUT2D eigenvalue weighted by Crippen LogP contribution is -2.12. The number of methoxy groups -OCH3 is 1. The summed E-state index contributed by atoms with van der Waals surface area (Å²) in [5.74, 6) is 1.03. The van der Waals surface area contributed by atoms with Crippen LogP contribution in [0.5, 0.6) is 5.75 Å². The molecule has 98 valence electrons. The molecule has 7 heteroatoms. The normalized spacial score (nSPS) is 11.9. The molecule has 0 saturated carbocycles. The first-order valence-electron chi connectivity index (χ1n) is 5.38. The molecule has 0 aliphatic rings. The van der Waals surface area contributed by atoms with Gasteiger partial charge in [-0.15, -0.1) is 0 Å². The average Bonchev–Trinajstić information content (AvgIpc) is 2.60. The van der Waals surface area contributed by atoms with Crippen molar-refractivity contribution in [2.24, 2.45) is 0 Å². The van der Waals surface area contributed by atoms with E-state index in [2.05, 4.69) is 4.98 Å².